The Morgan fingerprint density at radius 1 is 1.00 bits per heavy atom. The van der Waals surface area contributed by atoms with Crippen LogP contribution in [-0.2, 0) is 0 Å². The van der Waals surface area contributed by atoms with E-state index in [1.807, 2.05) is 18.2 Å². The molecule has 0 amide bonds. The Hall–Kier alpha value is -2.53. The number of fused-ring (bicyclic) bond motifs is 3. The molecule has 0 aromatic rings. The molecule has 4 aliphatic rings. The van der Waals surface area contributed by atoms with Crippen molar-refractivity contribution in [2.75, 3.05) is 0 Å². The summed E-state index contributed by atoms with van der Waals surface area (Å²) in [6.45, 7) is 0. The van der Waals surface area contributed by atoms with Gasteiger partial charge < -0.3 is 5.32 Å². The van der Waals surface area contributed by atoms with Crippen molar-refractivity contribution in [1.82, 2.24) is 5.32 Å². The second kappa shape index (κ2) is 3.73. The Kier molecular flexibility index (Phi) is 2.04. The van der Waals surface area contributed by atoms with E-state index in [1.165, 1.54) is 22.4 Å². The van der Waals surface area contributed by atoms with Gasteiger partial charge in [-0.05, 0) is 17.2 Å². The van der Waals surface area contributed by atoms with Crippen LogP contribution in [0.5, 0.6) is 0 Å². The molecule has 4 rings (SSSR count). The van der Waals surface area contributed by atoms with Gasteiger partial charge in [-0.2, -0.15) is 5.26 Å². The Balaban J connectivity index is 1.96. The first-order valence-corrected chi connectivity index (χ1v) is 6.45. The van der Waals surface area contributed by atoms with Gasteiger partial charge in [0.25, 0.3) is 0 Å². The average molecular weight is 244 g/mol. The Morgan fingerprint density at radius 3 is 2.63 bits per heavy atom. The van der Waals surface area contributed by atoms with E-state index in [2.05, 4.69) is 47.8 Å². The first kappa shape index (κ1) is 10.4. The lowest BCUT2D eigenvalue weighted by Gasteiger charge is -2.24. The molecular formula is C17H12N2. The molecule has 0 radical (unpaired) electrons. The van der Waals surface area contributed by atoms with Gasteiger partial charge in [-0.15, -0.1) is 0 Å². The van der Waals surface area contributed by atoms with E-state index in [9.17, 15) is 5.26 Å². The highest BCUT2D eigenvalue weighted by atomic mass is 15.0. The maximum atomic E-state index is 9.37. The molecule has 2 heteroatoms. The highest BCUT2D eigenvalue weighted by Crippen LogP contribution is 2.41. The highest BCUT2D eigenvalue weighted by Gasteiger charge is 2.34. The molecule has 0 spiro atoms. The van der Waals surface area contributed by atoms with Crippen LogP contribution in [0.25, 0.3) is 0 Å². The molecule has 19 heavy (non-hydrogen) atoms. The van der Waals surface area contributed by atoms with Gasteiger partial charge in [0, 0.05) is 22.8 Å². The van der Waals surface area contributed by atoms with E-state index in [0.717, 1.165) is 5.57 Å². The van der Waals surface area contributed by atoms with Crippen LogP contribution in [0.15, 0.2) is 82.7 Å². The molecule has 2 unspecified atom stereocenters. The molecule has 1 aliphatic heterocycles. The van der Waals surface area contributed by atoms with Crippen LogP contribution in [0, 0.1) is 17.2 Å². The normalized spacial score (nSPS) is 29.5. The quantitative estimate of drug-likeness (QED) is 0.711. The average Bonchev–Trinajstić information content (AvgIpc) is 2.85. The minimum atomic E-state index is 0.106. The van der Waals surface area contributed by atoms with Crippen LogP contribution in [0.2, 0.25) is 0 Å². The molecule has 1 N–H and O–H groups in total. The molecule has 0 aromatic carbocycles. The zero-order chi connectivity index (χ0) is 12.8. The standard InChI is InChI=1S/C17H12N2/c18-10-11-9-15-13-6-3-4-8-16(13)19-17(15)14-7-2-1-5-12(11)14/h1-9,12,16,19H. The molecular weight excluding hydrogens is 232 g/mol. The van der Waals surface area contributed by atoms with Crippen molar-refractivity contribution in [2.24, 2.45) is 5.92 Å². The number of hydrogen-bond acceptors (Lipinski definition) is 2. The number of allylic oxidation sites excluding steroid dienone is 9. The maximum Gasteiger partial charge on any atom is 0.0957 e. The van der Waals surface area contributed by atoms with Gasteiger partial charge in [0.1, 0.15) is 0 Å². The molecule has 0 saturated heterocycles. The van der Waals surface area contributed by atoms with E-state index in [-0.39, 0.29) is 12.0 Å². The molecule has 2 nitrogen and oxygen atoms in total. The second-order valence-electron chi connectivity index (χ2n) is 5.00. The lowest BCUT2D eigenvalue weighted by Crippen LogP contribution is -2.24. The third-order valence-electron chi connectivity index (χ3n) is 3.98. The predicted octanol–water partition coefficient (Wildman–Crippen LogP) is 2.84. The van der Waals surface area contributed by atoms with Crippen LogP contribution < -0.4 is 5.32 Å². The third-order valence-corrected chi connectivity index (χ3v) is 3.98. The smallest absolute Gasteiger partial charge is 0.0957 e. The molecule has 0 bridgehead atoms. The summed E-state index contributed by atoms with van der Waals surface area (Å²) in [6.07, 6.45) is 18.7. The van der Waals surface area contributed by atoms with Crippen LogP contribution in [0.4, 0.5) is 0 Å². The van der Waals surface area contributed by atoms with Gasteiger partial charge in [-0.1, -0.05) is 48.6 Å². The molecule has 1 heterocycles. The Bertz CT molecular complexity index is 715. The summed E-state index contributed by atoms with van der Waals surface area (Å²) in [5.74, 6) is 0.106. The summed E-state index contributed by atoms with van der Waals surface area (Å²) < 4.78 is 0. The van der Waals surface area contributed by atoms with Crippen molar-refractivity contribution in [1.29, 1.82) is 5.26 Å². The minimum Gasteiger partial charge on any atom is -0.374 e. The molecule has 90 valence electrons. The monoisotopic (exact) mass is 244 g/mol. The predicted molar refractivity (Wildman–Crippen MR) is 74.7 cm³/mol. The Morgan fingerprint density at radius 2 is 1.79 bits per heavy atom. The zero-order valence-corrected chi connectivity index (χ0v) is 10.3. The van der Waals surface area contributed by atoms with Gasteiger partial charge >= 0.3 is 0 Å². The van der Waals surface area contributed by atoms with Crippen LogP contribution >= 0.6 is 0 Å². The van der Waals surface area contributed by atoms with E-state index in [1.54, 1.807) is 0 Å². The topological polar surface area (TPSA) is 35.8 Å². The number of nitriles is 1. The van der Waals surface area contributed by atoms with Crippen molar-refractivity contribution < 1.29 is 0 Å². The van der Waals surface area contributed by atoms with Crippen molar-refractivity contribution in [2.45, 2.75) is 6.04 Å². The lowest BCUT2D eigenvalue weighted by molar-refractivity contribution is 0.789. The van der Waals surface area contributed by atoms with Crippen LogP contribution in [-0.4, -0.2) is 6.04 Å². The maximum absolute atomic E-state index is 9.37. The fourth-order valence-corrected chi connectivity index (χ4v) is 3.10. The van der Waals surface area contributed by atoms with Crippen molar-refractivity contribution in [3.63, 3.8) is 0 Å². The second-order valence-corrected chi connectivity index (χ2v) is 5.00. The van der Waals surface area contributed by atoms with Crippen molar-refractivity contribution in [3.8, 4) is 6.07 Å². The summed E-state index contributed by atoms with van der Waals surface area (Å²) in [5, 5.41) is 12.9. The fourth-order valence-electron chi connectivity index (χ4n) is 3.10. The molecule has 3 aliphatic carbocycles. The van der Waals surface area contributed by atoms with E-state index in [0.29, 0.717) is 0 Å². The zero-order valence-electron chi connectivity index (χ0n) is 10.3. The minimum absolute atomic E-state index is 0.106. The SMILES string of the molecule is N#CC1=CC2=C3C=CC=CC3NC2=C2C=CC=CC12. The molecule has 0 fully saturated rings. The van der Waals surface area contributed by atoms with Crippen molar-refractivity contribution >= 4 is 0 Å². The summed E-state index contributed by atoms with van der Waals surface area (Å²) in [5.41, 5.74) is 5.65. The largest absolute Gasteiger partial charge is 0.374 e. The fraction of sp³-hybridized carbons (Fsp3) is 0.118. The number of rotatable bonds is 0. The molecule has 0 aromatic heterocycles. The van der Waals surface area contributed by atoms with Crippen molar-refractivity contribution in [3.05, 3.63) is 82.7 Å². The summed E-state index contributed by atoms with van der Waals surface area (Å²) in [7, 11) is 0. The van der Waals surface area contributed by atoms with E-state index < -0.39 is 0 Å². The van der Waals surface area contributed by atoms with Crippen LogP contribution in [0.3, 0.4) is 0 Å². The van der Waals surface area contributed by atoms with Gasteiger partial charge in [0.05, 0.1) is 12.1 Å². The highest BCUT2D eigenvalue weighted by molar-refractivity contribution is 5.67. The van der Waals surface area contributed by atoms with Gasteiger partial charge in [-0.3, -0.25) is 0 Å². The number of nitrogens with one attached hydrogen (secondary N) is 1. The first-order valence-electron chi connectivity index (χ1n) is 6.45. The van der Waals surface area contributed by atoms with E-state index >= 15 is 0 Å². The summed E-state index contributed by atoms with van der Waals surface area (Å²) in [4.78, 5) is 0. The first-order chi connectivity index (χ1) is 9.38. The summed E-state index contributed by atoms with van der Waals surface area (Å²) >= 11 is 0. The Labute approximate surface area is 112 Å². The molecule has 2 atom stereocenters. The van der Waals surface area contributed by atoms with Gasteiger partial charge in [-0.25, -0.2) is 0 Å². The molecule has 0 saturated carbocycles. The number of hydrogen-bond donors (Lipinski definition) is 1. The number of nitrogens with zero attached hydrogens (tertiary/aromatic N) is 1. The van der Waals surface area contributed by atoms with Gasteiger partial charge in [0.15, 0.2) is 0 Å². The summed E-state index contributed by atoms with van der Waals surface area (Å²) in [6, 6.07) is 2.60. The van der Waals surface area contributed by atoms with Crippen LogP contribution in [0.1, 0.15) is 0 Å². The van der Waals surface area contributed by atoms with E-state index in [4.69, 9.17) is 0 Å². The third kappa shape index (κ3) is 1.36. The van der Waals surface area contributed by atoms with Gasteiger partial charge in [0.2, 0.25) is 0 Å². The lowest BCUT2D eigenvalue weighted by atomic mass is 9.80.